The summed E-state index contributed by atoms with van der Waals surface area (Å²) in [6.07, 6.45) is 7.89. The van der Waals surface area contributed by atoms with E-state index in [0.29, 0.717) is 41.6 Å². The van der Waals surface area contributed by atoms with Gasteiger partial charge in [0.2, 0.25) is 5.95 Å². The van der Waals surface area contributed by atoms with E-state index in [1.165, 1.54) is 19.3 Å². The third-order valence-corrected chi connectivity index (χ3v) is 7.08. The topological polar surface area (TPSA) is 114 Å². The number of hydrogen-bond donors (Lipinski definition) is 4. The van der Waals surface area contributed by atoms with Crippen molar-refractivity contribution in [3.8, 4) is 0 Å². The van der Waals surface area contributed by atoms with Crippen molar-refractivity contribution in [1.82, 2.24) is 19.5 Å². The Morgan fingerprint density at radius 2 is 1.97 bits per heavy atom. The predicted octanol–water partition coefficient (Wildman–Crippen LogP) is 5.00. The highest BCUT2D eigenvalue weighted by molar-refractivity contribution is 6.33. The quantitative estimate of drug-likeness (QED) is 0.342. The zero-order valence-corrected chi connectivity index (χ0v) is 20.4. The van der Waals surface area contributed by atoms with Gasteiger partial charge in [0.1, 0.15) is 0 Å². The van der Waals surface area contributed by atoms with E-state index in [9.17, 15) is 5.11 Å². The molecular formula is C24H34ClN7O. The molecule has 0 spiro atoms. The largest absolute Gasteiger partial charge is 0.397 e. The number of hydrogen-bond acceptors (Lipinski definition) is 7. The Balaban J connectivity index is 1.65. The van der Waals surface area contributed by atoms with Gasteiger partial charge in [-0.05, 0) is 38.3 Å². The van der Waals surface area contributed by atoms with E-state index >= 15 is 0 Å². The van der Waals surface area contributed by atoms with Gasteiger partial charge in [0.25, 0.3) is 0 Å². The second-order valence-electron chi connectivity index (χ2n) is 9.61. The Morgan fingerprint density at radius 1 is 1.21 bits per heavy atom. The molecule has 0 aliphatic heterocycles. The minimum atomic E-state index is -0.799. The molecule has 33 heavy (non-hydrogen) atoms. The predicted molar refractivity (Wildman–Crippen MR) is 135 cm³/mol. The highest BCUT2D eigenvalue weighted by Gasteiger charge is 2.24. The number of aromatic nitrogens is 4. The van der Waals surface area contributed by atoms with Gasteiger partial charge in [-0.3, -0.25) is 0 Å². The van der Waals surface area contributed by atoms with Crippen LogP contribution < -0.4 is 16.4 Å². The molecule has 0 bridgehead atoms. The number of aliphatic hydroxyl groups is 1. The molecule has 1 fully saturated rings. The van der Waals surface area contributed by atoms with Crippen molar-refractivity contribution in [2.45, 2.75) is 71.1 Å². The maximum absolute atomic E-state index is 10.3. The van der Waals surface area contributed by atoms with Crippen molar-refractivity contribution in [3.05, 3.63) is 35.1 Å². The summed E-state index contributed by atoms with van der Waals surface area (Å²) in [5.41, 5.74) is 8.36. The summed E-state index contributed by atoms with van der Waals surface area (Å²) in [5, 5.41) is 17.5. The van der Waals surface area contributed by atoms with Crippen LogP contribution in [0.15, 0.2) is 24.5 Å². The van der Waals surface area contributed by atoms with Crippen LogP contribution in [0.2, 0.25) is 5.02 Å². The number of para-hydroxylation sites is 1. The SMILES string of the molecule is CC(CNc1nc(NCc2cccc(Cl)c2N)c2ncn(C3CCCCC3)c2n1)C(C)(C)O. The average Bonchev–Trinajstić information content (AvgIpc) is 3.22. The van der Waals surface area contributed by atoms with Crippen LogP contribution in [-0.4, -0.2) is 36.8 Å². The smallest absolute Gasteiger partial charge is 0.226 e. The third kappa shape index (κ3) is 5.33. The summed E-state index contributed by atoms with van der Waals surface area (Å²) in [4.78, 5) is 14.2. The monoisotopic (exact) mass is 471 g/mol. The number of anilines is 3. The van der Waals surface area contributed by atoms with Crippen molar-refractivity contribution in [3.63, 3.8) is 0 Å². The standard InChI is InChI=1S/C24H34ClN7O/c1-15(24(2,3)33)12-28-23-30-21(27-13-16-8-7-11-18(25)19(16)26)20-22(31-23)32(14-29-20)17-9-5-4-6-10-17/h7-8,11,14-15,17,33H,4-6,9-10,12-13,26H2,1-3H3,(H2,27,28,30,31). The fraction of sp³-hybridized carbons (Fsp3) is 0.542. The Morgan fingerprint density at radius 3 is 2.70 bits per heavy atom. The van der Waals surface area contributed by atoms with Crippen LogP contribution in [0.4, 0.5) is 17.5 Å². The van der Waals surface area contributed by atoms with Gasteiger partial charge < -0.3 is 26.0 Å². The number of nitrogen functional groups attached to an aromatic ring is 1. The molecule has 1 saturated carbocycles. The van der Waals surface area contributed by atoms with E-state index in [1.54, 1.807) is 6.07 Å². The Kier molecular flexibility index (Phi) is 6.95. The lowest BCUT2D eigenvalue weighted by molar-refractivity contribution is 0.0303. The molecule has 5 N–H and O–H groups in total. The van der Waals surface area contributed by atoms with Crippen LogP contribution in [-0.2, 0) is 6.54 Å². The molecule has 3 aromatic rings. The van der Waals surface area contributed by atoms with E-state index < -0.39 is 5.60 Å². The number of nitrogens with two attached hydrogens (primary N) is 1. The number of nitrogens with one attached hydrogen (secondary N) is 2. The molecule has 1 aliphatic rings. The second kappa shape index (κ2) is 9.73. The van der Waals surface area contributed by atoms with Gasteiger partial charge in [-0.1, -0.05) is 49.9 Å². The first-order chi connectivity index (χ1) is 15.7. The summed E-state index contributed by atoms with van der Waals surface area (Å²) < 4.78 is 2.19. The van der Waals surface area contributed by atoms with Crippen molar-refractivity contribution >= 4 is 40.2 Å². The maximum Gasteiger partial charge on any atom is 0.226 e. The van der Waals surface area contributed by atoms with Crippen molar-refractivity contribution in [1.29, 1.82) is 0 Å². The molecule has 1 aliphatic carbocycles. The van der Waals surface area contributed by atoms with Crippen LogP contribution >= 0.6 is 11.6 Å². The van der Waals surface area contributed by atoms with Gasteiger partial charge >= 0.3 is 0 Å². The van der Waals surface area contributed by atoms with E-state index in [4.69, 9.17) is 27.3 Å². The highest BCUT2D eigenvalue weighted by Crippen LogP contribution is 2.32. The molecule has 1 aromatic carbocycles. The number of imidazole rings is 1. The van der Waals surface area contributed by atoms with E-state index in [0.717, 1.165) is 29.6 Å². The molecule has 8 nitrogen and oxygen atoms in total. The first-order valence-electron chi connectivity index (χ1n) is 11.7. The van der Waals surface area contributed by atoms with Crippen molar-refractivity contribution < 1.29 is 5.11 Å². The van der Waals surface area contributed by atoms with Crippen LogP contribution in [0, 0.1) is 5.92 Å². The number of halogens is 1. The molecule has 4 rings (SSSR count). The lowest BCUT2D eigenvalue weighted by Gasteiger charge is -2.26. The van der Waals surface area contributed by atoms with Gasteiger partial charge in [-0.15, -0.1) is 0 Å². The maximum atomic E-state index is 10.3. The van der Waals surface area contributed by atoms with Crippen LogP contribution in [0.3, 0.4) is 0 Å². The first kappa shape index (κ1) is 23.6. The molecule has 0 amide bonds. The molecule has 0 radical (unpaired) electrons. The zero-order valence-electron chi connectivity index (χ0n) is 19.6. The summed E-state index contributed by atoms with van der Waals surface area (Å²) >= 11 is 6.19. The van der Waals surface area contributed by atoms with Gasteiger partial charge in [-0.2, -0.15) is 9.97 Å². The lowest BCUT2D eigenvalue weighted by Crippen LogP contribution is -2.33. The summed E-state index contributed by atoms with van der Waals surface area (Å²) in [7, 11) is 0. The third-order valence-electron chi connectivity index (χ3n) is 6.75. The molecule has 178 valence electrons. The number of nitrogens with zero attached hydrogens (tertiary/aromatic N) is 4. The fourth-order valence-corrected chi connectivity index (χ4v) is 4.35. The number of rotatable bonds is 8. The van der Waals surface area contributed by atoms with Gasteiger partial charge in [0.15, 0.2) is 17.0 Å². The van der Waals surface area contributed by atoms with Crippen LogP contribution in [0.5, 0.6) is 0 Å². The second-order valence-corrected chi connectivity index (χ2v) is 10.0. The lowest BCUT2D eigenvalue weighted by atomic mass is 9.93. The Bertz CT molecular complexity index is 1100. The zero-order chi connectivity index (χ0) is 23.6. The van der Waals surface area contributed by atoms with Crippen LogP contribution in [0.1, 0.15) is 64.5 Å². The fourth-order valence-electron chi connectivity index (χ4n) is 4.15. The minimum absolute atomic E-state index is 0.0164. The van der Waals surface area contributed by atoms with Crippen molar-refractivity contribution in [2.24, 2.45) is 5.92 Å². The molecule has 9 heteroatoms. The Labute approximate surface area is 200 Å². The normalized spacial score (nSPS) is 16.2. The molecule has 0 saturated heterocycles. The average molecular weight is 472 g/mol. The number of benzene rings is 1. The van der Waals surface area contributed by atoms with E-state index in [2.05, 4.69) is 20.2 Å². The summed E-state index contributed by atoms with van der Waals surface area (Å²) in [5.74, 6) is 1.17. The van der Waals surface area contributed by atoms with Crippen molar-refractivity contribution in [2.75, 3.05) is 22.9 Å². The first-order valence-corrected chi connectivity index (χ1v) is 12.1. The number of fused-ring (bicyclic) bond motifs is 1. The van der Waals surface area contributed by atoms with Gasteiger partial charge in [0, 0.05) is 25.0 Å². The van der Waals surface area contributed by atoms with Gasteiger partial charge in [0.05, 0.1) is 22.6 Å². The molecule has 1 unspecified atom stereocenters. The molecular weight excluding hydrogens is 438 g/mol. The van der Waals surface area contributed by atoms with E-state index in [-0.39, 0.29) is 5.92 Å². The summed E-state index contributed by atoms with van der Waals surface area (Å²) in [6, 6.07) is 6.00. The molecule has 2 heterocycles. The van der Waals surface area contributed by atoms with E-state index in [1.807, 2.05) is 39.2 Å². The van der Waals surface area contributed by atoms with Gasteiger partial charge in [-0.25, -0.2) is 4.98 Å². The van der Waals surface area contributed by atoms with Crippen LogP contribution in [0.25, 0.3) is 11.2 Å². The minimum Gasteiger partial charge on any atom is -0.397 e. The highest BCUT2D eigenvalue weighted by atomic mass is 35.5. The summed E-state index contributed by atoms with van der Waals surface area (Å²) in [6.45, 7) is 6.63. The Hall–Kier alpha value is -2.58. The molecule has 2 aromatic heterocycles. The molecule has 1 atom stereocenters.